The second-order valence-electron chi connectivity index (χ2n) is 11.4. The van der Waals surface area contributed by atoms with Crippen molar-refractivity contribution < 1.29 is 13.2 Å². The van der Waals surface area contributed by atoms with Gasteiger partial charge in [-0.3, -0.25) is 19.0 Å². The van der Waals surface area contributed by atoms with Gasteiger partial charge in [-0.2, -0.15) is 23.5 Å². The van der Waals surface area contributed by atoms with Gasteiger partial charge < -0.3 is 0 Å². The molecule has 2 atom stereocenters. The van der Waals surface area contributed by atoms with Crippen molar-refractivity contribution in [3.63, 3.8) is 0 Å². The Hall–Kier alpha value is -3.84. The van der Waals surface area contributed by atoms with Crippen LogP contribution in [0.4, 0.5) is 13.2 Å². The molecule has 10 heteroatoms. The highest BCUT2D eigenvalue weighted by molar-refractivity contribution is 5.58. The van der Waals surface area contributed by atoms with Gasteiger partial charge in [0.2, 0.25) is 0 Å². The molecule has 4 aromatic rings. The van der Waals surface area contributed by atoms with E-state index < -0.39 is 17.4 Å². The topological polar surface area (TPSA) is 82.1 Å². The number of imidazole rings is 1. The second kappa shape index (κ2) is 10.3. The third-order valence-electron chi connectivity index (χ3n) is 8.51. The maximum atomic E-state index is 14.2. The summed E-state index contributed by atoms with van der Waals surface area (Å²) in [5.74, 6) is 0.679. The van der Waals surface area contributed by atoms with Crippen molar-refractivity contribution in [2.24, 2.45) is 11.8 Å². The van der Waals surface area contributed by atoms with E-state index in [1.54, 1.807) is 18.3 Å². The molecule has 6 rings (SSSR count). The van der Waals surface area contributed by atoms with Crippen LogP contribution in [0.5, 0.6) is 0 Å². The summed E-state index contributed by atoms with van der Waals surface area (Å²) in [4.78, 5) is 15.8. The molecule has 1 aliphatic heterocycles. The first-order valence-electron chi connectivity index (χ1n) is 13.8. The highest BCUT2D eigenvalue weighted by Crippen LogP contribution is 2.44. The largest absolute Gasteiger partial charge is 0.418 e. The van der Waals surface area contributed by atoms with Crippen LogP contribution in [0.1, 0.15) is 72.9 Å². The van der Waals surface area contributed by atoms with Crippen LogP contribution < -0.4 is 5.69 Å². The number of piperidine rings is 1. The zero-order valence-electron chi connectivity index (χ0n) is 22.3. The molecule has 0 radical (unpaired) electrons. The average Bonchev–Trinajstić information content (AvgIpc) is 3.49. The first kappa shape index (κ1) is 26.4. The van der Waals surface area contributed by atoms with Gasteiger partial charge in [0.15, 0.2) is 0 Å². The van der Waals surface area contributed by atoms with Crippen molar-refractivity contribution in [3.8, 4) is 11.8 Å². The molecule has 1 N–H and O–H groups in total. The number of likely N-dealkylation sites (tertiary alicyclic amines) is 1. The minimum absolute atomic E-state index is 0.122. The number of H-pyrrole nitrogens is 1. The maximum absolute atomic E-state index is 14.2. The Morgan fingerprint density at radius 1 is 1.18 bits per heavy atom. The Morgan fingerprint density at radius 3 is 2.70 bits per heavy atom. The fraction of sp³-hybridized carbons (Fsp3) is 0.433. The number of aromatic amines is 1. The van der Waals surface area contributed by atoms with Crippen LogP contribution in [-0.2, 0) is 12.7 Å². The SMILES string of the molecule is C[C@H]1CCCN(Cc2cc(C(F)(F)F)c3cn(-c4cccc(C(c5[nH]ncc5C#N)C5CCC5)c4)c(=O)n3c2)C1. The summed E-state index contributed by atoms with van der Waals surface area (Å²) in [6, 6.07) is 10.7. The summed E-state index contributed by atoms with van der Waals surface area (Å²) in [6.07, 6.45) is 4.96. The number of hydrogen-bond donors (Lipinski definition) is 1. The van der Waals surface area contributed by atoms with Gasteiger partial charge in [0.25, 0.3) is 0 Å². The fourth-order valence-electron chi connectivity index (χ4n) is 6.37. The summed E-state index contributed by atoms with van der Waals surface area (Å²) >= 11 is 0. The van der Waals surface area contributed by atoms with Crippen LogP contribution in [0, 0.1) is 23.2 Å². The average molecular weight is 549 g/mol. The molecule has 1 aromatic carbocycles. The molecule has 2 aliphatic rings. The lowest BCUT2D eigenvalue weighted by Gasteiger charge is -2.34. The van der Waals surface area contributed by atoms with Crippen molar-refractivity contribution >= 4 is 5.52 Å². The van der Waals surface area contributed by atoms with Gasteiger partial charge in [-0.05, 0) is 73.4 Å². The summed E-state index contributed by atoms with van der Waals surface area (Å²) in [5.41, 5.74) is 1.50. The van der Waals surface area contributed by atoms with Crippen LogP contribution in [0.15, 0.2) is 53.7 Å². The maximum Gasteiger partial charge on any atom is 0.418 e. The number of benzene rings is 1. The van der Waals surface area contributed by atoms with Crippen LogP contribution in [-0.4, -0.2) is 37.2 Å². The van der Waals surface area contributed by atoms with Gasteiger partial charge in [0, 0.05) is 31.4 Å². The van der Waals surface area contributed by atoms with E-state index in [0.717, 1.165) is 60.9 Å². The lowest BCUT2D eigenvalue weighted by atomic mass is 9.71. The fourth-order valence-corrected chi connectivity index (χ4v) is 6.37. The number of pyridine rings is 1. The Balaban J connectivity index is 1.43. The third-order valence-corrected chi connectivity index (χ3v) is 8.51. The smallest absolute Gasteiger partial charge is 0.299 e. The van der Waals surface area contributed by atoms with E-state index >= 15 is 0 Å². The first-order chi connectivity index (χ1) is 19.2. The molecule has 208 valence electrons. The van der Waals surface area contributed by atoms with Gasteiger partial charge in [0.1, 0.15) is 6.07 Å². The van der Waals surface area contributed by atoms with Gasteiger partial charge in [-0.25, -0.2) is 4.79 Å². The molecule has 1 unspecified atom stereocenters. The molecule has 3 aromatic heterocycles. The molecular weight excluding hydrogens is 517 g/mol. The Labute approximate surface area is 229 Å². The lowest BCUT2D eigenvalue weighted by molar-refractivity contribution is -0.136. The molecule has 1 aliphatic carbocycles. The van der Waals surface area contributed by atoms with E-state index in [4.69, 9.17) is 0 Å². The summed E-state index contributed by atoms with van der Waals surface area (Å²) in [6.45, 7) is 4.18. The number of rotatable bonds is 6. The monoisotopic (exact) mass is 548 g/mol. The van der Waals surface area contributed by atoms with Crippen molar-refractivity contribution in [3.05, 3.63) is 87.4 Å². The highest BCUT2D eigenvalue weighted by atomic mass is 19.4. The number of aromatic nitrogens is 4. The third kappa shape index (κ3) is 4.83. The lowest BCUT2D eigenvalue weighted by Crippen LogP contribution is -2.34. The zero-order chi connectivity index (χ0) is 28.0. The standard InChI is InChI=1S/C30H31F3N6O/c1-19-5-4-10-37(15-19)16-20-11-25(30(31,32)33)26-18-38(29(40)39(26)17-20)24-9-3-8-22(12-24)27(21-6-2-7-21)28-23(13-34)14-35-36-28/h3,8-9,11-12,14,17-19,21,27H,2,4-7,10,15-16H2,1H3,(H,35,36)/t19-,27?/m0/s1. The molecular formula is C30H31F3N6O. The Morgan fingerprint density at radius 2 is 2.00 bits per heavy atom. The normalized spacial score (nSPS) is 19.4. The van der Waals surface area contributed by atoms with Crippen LogP contribution in [0.25, 0.3) is 11.2 Å². The molecule has 2 fully saturated rings. The second-order valence-corrected chi connectivity index (χ2v) is 11.4. The zero-order valence-corrected chi connectivity index (χ0v) is 22.3. The molecule has 4 heterocycles. The number of nitrogens with zero attached hydrogens (tertiary/aromatic N) is 5. The van der Waals surface area contributed by atoms with Gasteiger partial charge in [-0.15, -0.1) is 0 Å². The van der Waals surface area contributed by atoms with E-state index in [2.05, 4.69) is 28.1 Å². The Bertz CT molecular complexity index is 1640. The van der Waals surface area contributed by atoms with Gasteiger partial charge in [0.05, 0.1) is 34.2 Å². The molecule has 1 saturated carbocycles. The number of nitriles is 1. The quantitative estimate of drug-likeness (QED) is 0.327. The molecule has 0 bridgehead atoms. The summed E-state index contributed by atoms with van der Waals surface area (Å²) < 4.78 is 45.1. The minimum Gasteiger partial charge on any atom is -0.299 e. The van der Waals surface area contributed by atoms with Gasteiger partial charge >= 0.3 is 11.9 Å². The van der Waals surface area contributed by atoms with E-state index in [-0.39, 0.29) is 11.4 Å². The number of alkyl halides is 3. The minimum atomic E-state index is -4.61. The first-order valence-corrected chi connectivity index (χ1v) is 13.8. The number of hydrogen-bond acceptors (Lipinski definition) is 4. The summed E-state index contributed by atoms with van der Waals surface area (Å²) in [7, 11) is 0. The van der Waals surface area contributed by atoms with E-state index in [1.807, 2.05) is 12.1 Å². The van der Waals surface area contributed by atoms with Crippen molar-refractivity contribution in [1.82, 2.24) is 24.1 Å². The van der Waals surface area contributed by atoms with Crippen LogP contribution in [0.2, 0.25) is 0 Å². The number of halogens is 3. The molecule has 1 saturated heterocycles. The molecule has 7 nitrogen and oxygen atoms in total. The highest BCUT2D eigenvalue weighted by Gasteiger charge is 2.35. The Kier molecular flexibility index (Phi) is 6.78. The predicted molar refractivity (Wildman–Crippen MR) is 144 cm³/mol. The summed E-state index contributed by atoms with van der Waals surface area (Å²) in [5, 5.41) is 16.7. The van der Waals surface area contributed by atoms with Crippen molar-refractivity contribution in [2.75, 3.05) is 13.1 Å². The van der Waals surface area contributed by atoms with E-state index in [0.29, 0.717) is 35.2 Å². The number of fused-ring (bicyclic) bond motifs is 1. The van der Waals surface area contributed by atoms with Crippen LogP contribution >= 0.6 is 0 Å². The van der Waals surface area contributed by atoms with Gasteiger partial charge in [-0.1, -0.05) is 25.5 Å². The molecule has 0 spiro atoms. The van der Waals surface area contributed by atoms with Crippen molar-refractivity contribution in [1.29, 1.82) is 5.26 Å². The van der Waals surface area contributed by atoms with E-state index in [1.165, 1.54) is 23.0 Å². The predicted octanol–water partition coefficient (Wildman–Crippen LogP) is 5.87. The molecule has 40 heavy (non-hydrogen) atoms. The molecule has 0 amide bonds. The van der Waals surface area contributed by atoms with Crippen LogP contribution in [0.3, 0.4) is 0 Å². The van der Waals surface area contributed by atoms with Crippen molar-refractivity contribution in [2.45, 2.75) is 57.7 Å². The number of nitrogens with one attached hydrogen (secondary N) is 1. The van der Waals surface area contributed by atoms with E-state index in [9.17, 15) is 23.2 Å².